The van der Waals surface area contributed by atoms with Crippen molar-refractivity contribution in [3.63, 3.8) is 0 Å². The largest absolute Gasteiger partial charge is 0.293 e. The Morgan fingerprint density at radius 2 is 1.74 bits per heavy atom. The van der Waals surface area contributed by atoms with Gasteiger partial charge in [-0.15, -0.1) is 0 Å². The van der Waals surface area contributed by atoms with E-state index in [0.29, 0.717) is 39.4 Å². The van der Waals surface area contributed by atoms with Crippen molar-refractivity contribution in [3.8, 4) is 16.9 Å². The summed E-state index contributed by atoms with van der Waals surface area (Å²) in [6, 6.07) is 18.5. The fraction of sp³-hybridized carbons (Fsp3) is 0.321. The molecule has 3 aromatic rings. The molecule has 0 atom stereocenters. The number of hydrogen-bond acceptors (Lipinski definition) is 6. The van der Waals surface area contributed by atoms with Crippen molar-refractivity contribution in [3.05, 3.63) is 71.3 Å². The van der Waals surface area contributed by atoms with Crippen LogP contribution in [0.3, 0.4) is 0 Å². The summed E-state index contributed by atoms with van der Waals surface area (Å²) < 4.78 is 30.1. The van der Waals surface area contributed by atoms with Crippen LogP contribution in [0.2, 0.25) is 0 Å². The Balaban J connectivity index is 1.48. The summed E-state index contributed by atoms with van der Waals surface area (Å²) in [6.45, 7) is 3.84. The molecule has 0 N–H and O–H groups in total. The second-order valence-corrected chi connectivity index (χ2v) is 13.0. The standard InChI is InChI=1S/C28H30N4O3S3/c1-2-3-18-31-27(33)26(37-28(31)36)20-23-19-25(29-32(23)22-10-6-4-7-11-22)21-12-14-24(15-13-21)38(34,35)30-16-8-5-9-17-30/h4,6-7,10-15,19-20H,2-3,5,8-9,16-18H2,1H3/b26-20+. The smallest absolute Gasteiger partial charge is 0.266 e. The van der Waals surface area contributed by atoms with E-state index in [-0.39, 0.29) is 5.91 Å². The number of nitrogens with zero attached hydrogens (tertiary/aromatic N) is 4. The monoisotopic (exact) mass is 566 g/mol. The lowest BCUT2D eigenvalue weighted by molar-refractivity contribution is -0.122. The molecule has 2 aliphatic rings. The average Bonchev–Trinajstić information content (AvgIpc) is 3.48. The predicted molar refractivity (Wildman–Crippen MR) is 156 cm³/mol. The SMILES string of the molecule is CCCCN1C(=O)/C(=C\c2cc(-c3ccc(S(=O)(=O)N4CCCCC4)cc3)nn2-c2ccccc2)SC1=S. The van der Waals surface area contributed by atoms with Crippen molar-refractivity contribution in [2.45, 2.75) is 43.9 Å². The summed E-state index contributed by atoms with van der Waals surface area (Å²) in [5.41, 5.74) is 3.08. The summed E-state index contributed by atoms with van der Waals surface area (Å²) in [5.74, 6) is -0.0805. The van der Waals surface area contributed by atoms with Gasteiger partial charge >= 0.3 is 0 Å². The first-order valence-corrected chi connectivity index (χ1v) is 15.6. The van der Waals surface area contributed by atoms with Crippen molar-refractivity contribution >= 4 is 50.3 Å². The predicted octanol–water partition coefficient (Wildman–Crippen LogP) is 5.72. The first-order valence-electron chi connectivity index (χ1n) is 12.9. The molecule has 0 aliphatic carbocycles. The van der Waals surface area contributed by atoms with E-state index in [1.165, 1.54) is 11.8 Å². The van der Waals surface area contributed by atoms with Crippen LogP contribution in [0.25, 0.3) is 23.0 Å². The minimum atomic E-state index is -3.50. The second kappa shape index (κ2) is 11.5. The maximum absolute atomic E-state index is 13.1. The summed E-state index contributed by atoms with van der Waals surface area (Å²) in [7, 11) is -3.50. The molecule has 3 heterocycles. The molecule has 0 bridgehead atoms. The zero-order valence-electron chi connectivity index (χ0n) is 21.2. The van der Waals surface area contributed by atoms with Gasteiger partial charge in [-0.1, -0.05) is 74.1 Å². The number of rotatable bonds is 8. The van der Waals surface area contributed by atoms with Gasteiger partial charge in [-0.25, -0.2) is 13.1 Å². The van der Waals surface area contributed by atoms with Crippen LogP contribution in [0.1, 0.15) is 44.7 Å². The number of amides is 1. The summed E-state index contributed by atoms with van der Waals surface area (Å²) in [6.07, 6.45) is 6.58. The highest BCUT2D eigenvalue weighted by Gasteiger charge is 2.32. The van der Waals surface area contributed by atoms with Crippen molar-refractivity contribution in [1.82, 2.24) is 19.0 Å². The zero-order valence-corrected chi connectivity index (χ0v) is 23.7. The molecule has 0 saturated carbocycles. The third-order valence-electron chi connectivity index (χ3n) is 6.73. The van der Waals surface area contributed by atoms with Crippen LogP contribution in [0.5, 0.6) is 0 Å². The van der Waals surface area contributed by atoms with Gasteiger partial charge in [0.15, 0.2) is 0 Å². The van der Waals surface area contributed by atoms with Crippen molar-refractivity contribution < 1.29 is 13.2 Å². The van der Waals surface area contributed by atoms with E-state index >= 15 is 0 Å². The summed E-state index contributed by atoms with van der Waals surface area (Å²) in [4.78, 5) is 15.6. The van der Waals surface area contributed by atoms with Crippen LogP contribution < -0.4 is 0 Å². The molecule has 10 heteroatoms. The molecular formula is C28H30N4O3S3. The Morgan fingerprint density at radius 1 is 1.03 bits per heavy atom. The van der Waals surface area contributed by atoms with Crippen molar-refractivity contribution in [2.24, 2.45) is 0 Å². The van der Waals surface area contributed by atoms with Crippen molar-refractivity contribution in [1.29, 1.82) is 0 Å². The highest BCUT2D eigenvalue weighted by atomic mass is 32.2. The summed E-state index contributed by atoms with van der Waals surface area (Å²) >= 11 is 6.78. The number of unbranched alkanes of at least 4 members (excludes halogenated alkanes) is 1. The molecule has 2 aromatic carbocycles. The third-order valence-corrected chi connectivity index (χ3v) is 10.0. The number of sulfonamides is 1. The quantitative estimate of drug-likeness (QED) is 0.257. The van der Waals surface area contributed by atoms with Gasteiger partial charge in [0, 0.05) is 25.2 Å². The Labute approximate surface area is 233 Å². The number of piperidine rings is 1. The highest BCUT2D eigenvalue weighted by molar-refractivity contribution is 8.26. The molecule has 2 aliphatic heterocycles. The molecule has 0 unspecified atom stereocenters. The first-order chi connectivity index (χ1) is 18.4. The van der Waals surface area contributed by atoms with Crippen LogP contribution in [0, 0.1) is 0 Å². The van der Waals surface area contributed by atoms with Crippen LogP contribution in [-0.2, 0) is 14.8 Å². The van der Waals surface area contributed by atoms with E-state index in [2.05, 4.69) is 6.92 Å². The topological polar surface area (TPSA) is 75.5 Å². The molecule has 198 valence electrons. The fourth-order valence-electron chi connectivity index (χ4n) is 4.61. The highest BCUT2D eigenvalue weighted by Crippen LogP contribution is 2.34. The normalized spacial score (nSPS) is 18.0. The zero-order chi connectivity index (χ0) is 26.7. The van der Waals surface area contributed by atoms with E-state index in [1.807, 2.05) is 42.5 Å². The molecular weight excluding hydrogens is 537 g/mol. The van der Waals surface area contributed by atoms with Gasteiger partial charge in [-0.05, 0) is 55.7 Å². The van der Waals surface area contributed by atoms with Gasteiger partial charge in [-0.3, -0.25) is 9.69 Å². The molecule has 38 heavy (non-hydrogen) atoms. The van der Waals surface area contributed by atoms with Gasteiger partial charge < -0.3 is 0 Å². The van der Waals surface area contributed by atoms with Crippen LogP contribution in [-0.4, -0.2) is 57.3 Å². The fourth-order valence-corrected chi connectivity index (χ4v) is 7.42. The number of benzene rings is 2. The molecule has 1 amide bonds. The first kappa shape index (κ1) is 26.8. The Kier molecular flexibility index (Phi) is 8.13. The number of hydrogen-bond donors (Lipinski definition) is 0. The number of aromatic nitrogens is 2. The van der Waals surface area contributed by atoms with Gasteiger partial charge in [0.2, 0.25) is 10.0 Å². The lowest BCUT2D eigenvalue weighted by Gasteiger charge is -2.25. The maximum atomic E-state index is 13.1. The lowest BCUT2D eigenvalue weighted by atomic mass is 10.1. The van der Waals surface area contributed by atoms with Crippen LogP contribution >= 0.6 is 24.0 Å². The number of carbonyl (C=O) groups is 1. The molecule has 1 aromatic heterocycles. The average molecular weight is 567 g/mol. The van der Waals surface area contributed by atoms with E-state index in [9.17, 15) is 13.2 Å². The van der Waals surface area contributed by atoms with Crippen LogP contribution in [0.15, 0.2) is 70.5 Å². The minimum absolute atomic E-state index is 0.0805. The van der Waals surface area contributed by atoms with Gasteiger partial charge in [0.25, 0.3) is 5.91 Å². The van der Waals surface area contributed by atoms with E-state index in [0.717, 1.165) is 49.0 Å². The van der Waals surface area contributed by atoms with Crippen LogP contribution in [0.4, 0.5) is 0 Å². The molecule has 2 fully saturated rings. The number of thiocarbonyl (C=S) groups is 1. The van der Waals surface area contributed by atoms with Gasteiger partial charge in [-0.2, -0.15) is 9.40 Å². The lowest BCUT2D eigenvalue weighted by Crippen LogP contribution is -2.35. The molecule has 7 nitrogen and oxygen atoms in total. The third kappa shape index (κ3) is 5.49. The minimum Gasteiger partial charge on any atom is -0.293 e. The summed E-state index contributed by atoms with van der Waals surface area (Å²) in [5, 5.41) is 4.83. The second-order valence-electron chi connectivity index (χ2n) is 9.38. The van der Waals surface area contributed by atoms with E-state index < -0.39 is 10.0 Å². The van der Waals surface area contributed by atoms with Gasteiger partial charge in [0.05, 0.1) is 26.9 Å². The Hall–Kier alpha value is -2.79. The van der Waals surface area contributed by atoms with E-state index in [4.69, 9.17) is 17.3 Å². The maximum Gasteiger partial charge on any atom is 0.266 e. The Morgan fingerprint density at radius 3 is 2.42 bits per heavy atom. The number of thioether (sulfide) groups is 1. The molecule has 0 radical (unpaired) electrons. The Bertz CT molecular complexity index is 1460. The molecule has 0 spiro atoms. The molecule has 5 rings (SSSR count). The van der Waals surface area contributed by atoms with E-state index in [1.54, 1.807) is 38.2 Å². The molecule has 2 saturated heterocycles. The van der Waals surface area contributed by atoms with Crippen molar-refractivity contribution in [2.75, 3.05) is 19.6 Å². The van der Waals surface area contributed by atoms with Gasteiger partial charge in [0.1, 0.15) is 4.32 Å². The number of carbonyl (C=O) groups excluding carboxylic acids is 1. The number of para-hydroxylation sites is 1.